The molecule has 1 heterocycles. The monoisotopic (exact) mass is 196 g/mol. The Morgan fingerprint density at radius 3 is 2.27 bits per heavy atom. The first kappa shape index (κ1) is 10.3. The van der Waals surface area contributed by atoms with Crippen LogP contribution >= 0.6 is 12.4 Å². The first-order valence-electron chi connectivity index (χ1n) is 2.64. The van der Waals surface area contributed by atoms with Gasteiger partial charge in [-0.25, -0.2) is 8.42 Å². The molecule has 2 N–H and O–H groups in total. The highest BCUT2D eigenvalue weighted by atomic mass is 35.5. The smallest absolute Gasteiger partial charge is 0.235 e. The third-order valence-corrected chi connectivity index (χ3v) is 2.07. The van der Waals surface area contributed by atoms with Gasteiger partial charge in [0.25, 0.3) is 0 Å². The van der Waals surface area contributed by atoms with Crippen LogP contribution in [0, 0.1) is 0 Å². The van der Waals surface area contributed by atoms with Crippen LogP contribution in [0.4, 0.5) is 5.69 Å². The fourth-order valence-corrected chi connectivity index (χ4v) is 1.19. The standard InChI is InChI=1S/C5H8N2O2S.ClH/c1-10(8,9)7-3-2-5(6)4-7;/h2-4H,6H2,1H3;1H. The Kier molecular flexibility index (Phi) is 2.95. The summed E-state index contributed by atoms with van der Waals surface area (Å²) in [5.74, 6) is 0. The van der Waals surface area contributed by atoms with E-state index in [1.54, 1.807) is 0 Å². The number of hydrogen-bond donors (Lipinski definition) is 1. The van der Waals surface area contributed by atoms with E-state index in [4.69, 9.17) is 5.73 Å². The van der Waals surface area contributed by atoms with Crippen LogP contribution in [0.5, 0.6) is 0 Å². The SMILES string of the molecule is CS(=O)(=O)n1ccc(N)c1.Cl. The van der Waals surface area contributed by atoms with Crippen molar-refractivity contribution >= 4 is 28.1 Å². The van der Waals surface area contributed by atoms with Gasteiger partial charge in [0.15, 0.2) is 0 Å². The van der Waals surface area contributed by atoms with Gasteiger partial charge in [0.2, 0.25) is 10.0 Å². The Balaban J connectivity index is 0.000001000. The summed E-state index contributed by atoms with van der Waals surface area (Å²) in [6, 6.07) is 1.53. The van der Waals surface area contributed by atoms with E-state index in [2.05, 4.69) is 0 Å². The van der Waals surface area contributed by atoms with Crippen molar-refractivity contribution in [2.75, 3.05) is 12.0 Å². The molecule has 11 heavy (non-hydrogen) atoms. The lowest BCUT2D eigenvalue weighted by Gasteiger charge is -1.94. The molecule has 0 bridgehead atoms. The molecule has 0 unspecified atom stereocenters. The maximum absolute atomic E-state index is 10.8. The molecule has 0 fully saturated rings. The van der Waals surface area contributed by atoms with Crippen LogP contribution in [-0.2, 0) is 10.0 Å². The van der Waals surface area contributed by atoms with E-state index in [0.29, 0.717) is 5.69 Å². The number of anilines is 1. The van der Waals surface area contributed by atoms with Gasteiger partial charge in [-0.15, -0.1) is 12.4 Å². The molecule has 0 radical (unpaired) electrons. The summed E-state index contributed by atoms with van der Waals surface area (Å²) >= 11 is 0. The molecular formula is C5H9ClN2O2S. The third kappa shape index (κ3) is 2.44. The molecule has 0 saturated carbocycles. The molecule has 0 spiro atoms. The second kappa shape index (κ2) is 3.15. The summed E-state index contributed by atoms with van der Waals surface area (Å²) in [6.07, 6.45) is 3.88. The molecule has 64 valence electrons. The number of nitrogens with zero attached hydrogens (tertiary/aromatic N) is 1. The van der Waals surface area contributed by atoms with Crippen LogP contribution in [-0.4, -0.2) is 18.6 Å². The van der Waals surface area contributed by atoms with Crippen LogP contribution in [0.1, 0.15) is 0 Å². The third-order valence-electron chi connectivity index (χ3n) is 1.07. The minimum absolute atomic E-state index is 0. The largest absolute Gasteiger partial charge is 0.397 e. The van der Waals surface area contributed by atoms with Gasteiger partial charge in [0.05, 0.1) is 11.9 Å². The van der Waals surface area contributed by atoms with E-state index < -0.39 is 10.0 Å². The molecule has 0 aromatic carbocycles. The molecule has 1 aromatic heterocycles. The Bertz CT molecular complexity index is 330. The van der Waals surface area contributed by atoms with E-state index in [9.17, 15) is 8.42 Å². The van der Waals surface area contributed by atoms with Crippen molar-refractivity contribution in [3.05, 3.63) is 18.5 Å². The highest BCUT2D eigenvalue weighted by molar-refractivity contribution is 7.89. The quantitative estimate of drug-likeness (QED) is 0.703. The topological polar surface area (TPSA) is 65.1 Å². The van der Waals surface area contributed by atoms with E-state index in [1.807, 2.05) is 0 Å². The van der Waals surface area contributed by atoms with Crippen LogP contribution < -0.4 is 5.73 Å². The minimum Gasteiger partial charge on any atom is -0.397 e. The van der Waals surface area contributed by atoms with Gasteiger partial charge in [0.1, 0.15) is 0 Å². The molecule has 0 amide bonds. The Labute approximate surface area is 71.5 Å². The van der Waals surface area contributed by atoms with Crippen molar-refractivity contribution in [1.82, 2.24) is 3.97 Å². The molecule has 4 nitrogen and oxygen atoms in total. The molecule has 0 atom stereocenters. The number of nitrogen functional groups attached to an aromatic ring is 1. The zero-order valence-corrected chi connectivity index (χ0v) is 7.52. The van der Waals surface area contributed by atoms with E-state index in [0.717, 1.165) is 10.2 Å². The fourth-order valence-electron chi connectivity index (χ4n) is 0.599. The first-order chi connectivity index (χ1) is 4.50. The van der Waals surface area contributed by atoms with E-state index in [-0.39, 0.29) is 12.4 Å². The van der Waals surface area contributed by atoms with Gasteiger partial charge >= 0.3 is 0 Å². The lowest BCUT2D eigenvalue weighted by molar-refractivity contribution is 0.593. The van der Waals surface area contributed by atoms with Crippen LogP contribution in [0.2, 0.25) is 0 Å². The van der Waals surface area contributed by atoms with Crippen molar-refractivity contribution in [2.45, 2.75) is 0 Å². The second-order valence-corrected chi connectivity index (χ2v) is 3.93. The predicted octanol–water partition coefficient (Wildman–Crippen LogP) is 0.300. The van der Waals surface area contributed by atoms with Gasteiger partial charge in [-0.05, 0) is 6.07 Å². The summed E-state index contributed by atoms with van der Waals surface area (Å²) in [4.78, 5) is 0. The summed E-state index contributed by atoms with van der Waals surface area (Å²) < 4.78 is 22.6. The average Bonchev–Trinajstić information content (AvgIpc) is 2.11. The van der Waals surface area contributed by atoms with E-state index >= 15 is 0 Å². The van der Waals surface area contributed by atoms with Crippen LogP contribution in [0.15, 0.2) is 18.5 Å². The second-order valence-electron chi connectivity index (χ2n) is 2.04. The Morgan fingerprint density at radius 2 is 2.09 bits per heavy atom. The fraction of sp³-hybridized carbons (Fsp3) is 0.200. The Morgan fingerprint density at radius 1 is 1.55 bits per heavy atom. The predicted molar refractivity (Wildman–Crippen MR) is 46.3 cm³/mol. The molecule has 0 aliphatic carbocycles. The molecule has 0 saturated heterocycles. The van der Waals surface area contributed by atoms with Gasteiger partial charge in [-0.2, -0.15) is 0 Å². The number of rotatable bonds is 1. The zero-order chi connectivity index (χ0) is 7.78. The summed E-state index contributed by atoms with van der Waals surface area (Å²) in [5.41, 5.74) is 5.74. The van der Waals surface area contributed by atoms with Crippen LogP contribution in [0.25, 0.3) is 0 Å². The van der Waals surface area contributed by atoms with Crippen molar-refractivity contribution in [1.29, 1.82) is 0 Å². The lowest BCUT2D eigenvalue weighted by Crippen LogP contribution is -2.06. The maximum atomic E-state index is 10.8. The summed E-state index contributed by atoms with van der Waals surface area (Å²) in [7, 11) is -3.15. The number of aromatic nitrogens is 1. The summed E-state index contributed by atoms with van der Waals surface area (Å²) in [5, 5.41) is 0. The van der Waals surface area contributed by atoms with Gasteiger partial charge in [0, 0.05) is 12.4 Å². The van der Waals surface area contributed by atoms with Crippen molar-refractivity contribution in [2.24, 2.45) is 0 Å². The van der Waals surface area contributed by atoms with Crippen molar-refractivity contribution < 1.29 is 8.42 Å². The maximum Gasteiger partial charge on any atom is 0.235 e. The highest BCUT2D eigenvalue weighted by Crippen LogP contribution is 2.03. The van der Waals surface area contributed by atoms with Gasteiger partial charge in [-0.3, -0.25) is 3.97 Å². The summed E-state index contributed by atoms with van der Waals surface area (Å²) in [6.45, 7) is 0. The minimum atomic E-state index is -3.15. The number of hydrogen-bond acceptors (Lipinski definition) is 3. The molecule has 1 aromatic rings. The average molecular weight is 197 g/mol. The normalized spacial score (nSPS) is 10.6. The molecule has 0 aliphatic rings. The molecular weight excluding hydrogens is 188 g/mol. The first-order valence-corrected chi connectivity index (χ1v) is 4.49. The molecule has 6 heteroatoms. The zero-order valence-electron chi connectivity index (χ0n) is 5.89. The number of halogens is 1. The van der Waals surface area contributed by atoms with Crippen LogP contribution in [0.3, 0.4) is 0 Å². The van der Waals surface area contributed by atoms with Gasteiger partial charge < -0.3 is 5.73 Å². The lowest BCUT2D eigenvalue weighted by atomic mass is 10.6. The highest BCUT2D eigenvalue weighted by Gasteiger charge is 2.02. The van der Waals surface area contributed by atoms with Gasteiger partial charge in [-0.1, -0.05) is 0 Å². The number of nitrogens with two attached hydrogens (primary N) is 1. The van der Waals surface area contributed by atoms with E-state index in [1.165, 1.54) is 18.5 Å². The van der Waals surface area contributed by atoms with Crippen molar-refractivity contribution in [3.63, 3.8) is 0 Å². The van der Waals surface area contributed by atoms with Crippen molar-refractivity contribution in [3.8, 4) is 0 Å². The Hall–Kier alpha value is -0.680. The molecule has 0 aliphatic heterocycles. The molecule has 1 rings (SSSR count).